The highest BCUT2D eigenvalue weighted by molar-refractivity contribution is 6.18. The number of Topliss-reactive ketones (excluding diaryl/α,β-unsaturated/α-hetero) is 1. The van der Waals surface area contributed by atoms with Gasteiger partial charge < -0.3 is 19.5 Å². The molecule has 2 aliphatic carbocycles. The first-order chi connectivity index (χ1) is 14.5. The molecule has 2 heterocycles. The Hall–Kier alpha value is -2.50. The minimum Gasteiger partial charge on any atom is -0.504 e. The predicted octanol–water partition coefficient (Wildman–Crippen LogP) is 3.96. The van der Waals surface area contributed by atoms with Crippen LogP contribution in [0, 0.1) is 11.8 Å². The fourth-order valence-corrected chi connectivity index (χ4v) is 5.08. The van der Waals surface area contributed by atoms with Crippen molar-refractivity contribution in [2.24, 2.45) is 11.8 Å². The molecule has 4 rings (SSSR count). The zero-order valence-corrected chi connectivity index (χ0v) is 17.8. The van der Waals surface area contributed by atoms with Crippen molar-refractivity contribution in [3.63, 3.8) is 0 Å². The average molecular weight is 414 g/mol. The summed E-state index contributed by atoms with van der Waals surface area (Å²) in [6.07, 6.45) is 12.9. The first-order valence-electron chi connectivity index (χ1n) is 11.1. The van der Waals surface area contributed by atoms with Crippen molar-refractivity contribution < 1.29 is 24.2 Å². The number of ketones is 1. The lowest BCUT2D eigenvalue weighted by Crippen LogP contribution is -2.51. The third-order valence-electron chi connectivity index (χ3n) is 6.70. The molecule has 1 N–H and O–H groups in total. The second kappa shape index (κ2) is 8.70. The molecule has 6 heteroatoms. The van der Waals surface area contributed by atoms with E-state index < -0.39 is 5.97 Å². The number of rotatable bonds is 5. The highest BCUT2D eigenvalue weighted by Crippen LogP contribution is 2.43. The summed E-state index contributed by atoms with van der Waals surface area (Å²) in [7, 11) is 0. The van der Waals surface area contributed by atoms with Crippen LogP contribution in [0.15, 0.2) is 47.1 Å². The third-order valence-corrected chi connectivity index (χ3v) is 6.70. The number of esters is 1. The number of aliphatic hydroxyl groups is 1. The molecule has 0 aromatic rings. The van der Waals surface area contributed by atoms with Gasteiger partial charge in [0.1, 0.15) is 11.3 Å². The lowest BCUT2D eigenvalue weighted by Gasteiger charge is -2.48. The van der Waals surface area contributed by atoms with Crippen LogP contribution in [-0.2, 0) is 19.1 Å². The maximum atomic E-state index is 12.6. The van der Waals surface area contributed by atoms with Crippen LogP contribution in [0.2, 0.25) is 0 Å². The Balaban J connectivity index is 1.52. The van der Waals surface area contributed by atoms with Crippen LogP contribution in [0.1, 0.15) is 52.4 Å². The van der Waals surface area contributed by atoms with Gasteiger partial charge in [0, 0.05) is 25.1 Å². The van der Waals surface area contributed by atoms with E-state index in [-0.39, 0.29) is 48.1 Å². The SMILES string of the molecule is CCOC(=O)C1=CN2C(C)CC3CC(OCC4CC=CCC4)=C(O)C=C3C2CC1=O. The molecule has 4 atom stereocenters. The fraction of sp³-hybridized carbons (Fsp3) is 0.583. The van der Waals surface area contributed by atoms with Gasteiger partial charge in [0.15, 0.2) is 11.5 Å². The predicted molar refractivity (Wildman–Crippen MR) is 112 cm³/mol. The number of nitrogens with zero attached hydrogens (tertiary/aromatic N) is 1. The topological polar surface area (TPSA) is 76.1 Å². The molecule has 0 saturated carbocycles. The number of hydrogen-bond acceptors (Lipinski definition) is 6. The standard InChI is InChI=1S/C24H31NO5/c1-3-29-24(28)19-13-25-15(2)9-17-10-23(30-14-16-7-5-4-6-8-16)22(27)11-18(17)20(25)12-21(19)26/h4-5,11,13,15-17,20,27H,3,6-10,12,14H2,1-2H3. The summed E-state index contributed by atoms with van der Waals surface area (Å²) in [5, 5.41) is 10.6. The van der Waals surface area contributed by atoms with Gasteiger partial charge in [-0.2, -0.15) is 0 Å². The van der Waals surface area contributed by atoms with E-state index in [2.05, 4.69) is 24.0 Å². The Morgan fingerprint density at radius 3 is 2.87 bits per heavy atom. The minimum atomic E-state index is -0.552. The van der Waals surface area contributed by atoms with Crippen molar-refractivity contribution in [3.05, 3.63) is 47.1 Å². The Kier molecular flexibility index (Phi) is 6.02. The van der Waals surface area contributed by atoms with E-state index in [4.69, 9.17) is 9.47 Å². The van der Waals surface area contributed by atoms with Crippen LogP contribution in [0.25, 0.3) is 0 Å². The van der Waals surface area contributed by atoms with E-state index in [1.54, 1.807) is 19.2 Å². The smallest absolute Gasteiger partial charge is 0.343 e. The highest BCUT2D eigenvalue weighted by atomic mass is 16.5. The second-order valence-electron chi connectivity index (χ2n) is 8.75. The van der Waals surface area contributed by atoms with E-state index in [1.807, 2.05) is 0 Å². The molecule has 0 amide bonds. The maximum Gasteiger partial charge on any atom is 0.343 e. The highest BCUT2D eigenvalue weighted by Gasteiger charge is 2.43. The molecule has 0 spiro atoms. The number of carbonyl (C=O) groups excluding carboxylic acids is 2. The first kappa shape index (κ1) is 20.8. The number of carbonyl (C=O) groups is 2. The lowest BCUT2D eigenvalue weighted by molar-refractivity contribution is -0.140. The van der Waals surface area contributed by atoms with E-state index in [9.17, 15) is 14.7 Å². The Labute approximate surface area is 177 Å². The number of allylic oxidation sites excluding steroid dienone is 4. The summed E-state index contributed by atoms with van der Waals surface area (Å²) < 4.78 is 11.1. The summed E-state index contributed by atoms with van der Waals surface area (Å²) in [6, 6.07) is 0.0521. The van der Waals surface area contributed by atoms with Crippen LogP contribution in [0.5, 0.6) is 0 Å². The largest absolute Gasteiger partial charge is 0.504 e. The molecule has 1 fully saturated rings. The first-order valence-corrected chi connectivity index (χ1v) is 11.1. The lowest BCUT2D eigenvalue weighted by atomic mass is 9.74. The van der Waals surface area contributed by atoms with Crippen LogP contribution in [0.4, 0.5) is 0 Å². The molecule has 4 unspecified atom stereocenters. The number of piperidine rings is 1. The summed E-state index contributed by atoms with van der Waals surface area (Å²) in [4.78, 5) is 26.9. The second-order valence-corrected chi connectivity index (χ2v) is 8.75. The van der Waals surface area contributed by atoms with Gasteiger partial charge in [0.2, 0.25) is 0 Å². The summed E-state index contributed by atoms with van der Waals surface area (Å²) >= 11 is 0. The summed E-state index contributed by atoms with van der Waals surface area (Å²) in [5.41, 5.74) is 1.19. The van der Waals surface area contributed by atoms with Crippen LogP contribution >= 0.6 is 0 Å². The molecular formula is C24H31NO5. The molecule has 0 aromatic carbocycles. The van der Waals surface area contributed by atoms with Crippen molar-refractivity contribution in [1.29, 1.82) is 0 Å². The van der Waals surface area contributed by atoms with Crippen LogP contribution in [-0.4, -0.2) is 47.1 Å². The monoisotopic (exact) mass is 413 g/mol. The van der Waals surface area contributed by atoms with E-state index in [0.717, 1.165) is 31.3 Å². The fourth-order valence-electron chi connectivity index (χ4n) is 5.08. The van der Waals surface area contributed by atoms with Crippen molar-refractivity contribution in [2.45, 2.75) is 64.5 Å². The van der Waals surface area contributed by atoms with Crippen molar-refractivity contribution >= 4 is 11.8 Å². The van der Waals surface area contributed by atoms with Crippen molar-refractivity contribution in [3.8, 4) is 0 Å². The zero-order valence-electron chi connectivity index (χ0n) is 17.8. The number of fused-ring (bicyclic) bond motifs is 3. The summed E-state index contributed by atoms with van der Waals surface area (Å²) in [6.45, 7) is 4.73. The molecule has 0 bridgehead atoms. The number of hydrogen-bond donors (Lipinski definition) is 1. The number of aliphatic hydroxyl groups excluding tert-OH is 1. The van der Waals surface area contributed by atoms with Gasteiger partial charge in [-0.05, 0) is 63.0 Å². The van der Waals surface area contributed by atoms with Crippen LogP contribution < -0.4 is 0 Å². The Morgan fingerprint density at radius 2 is 2.13 bits per heavy atom. The van der Waals surface area contributed by atoms with Gasteiger partial charge >= 0.3 is 5.97 Å². The van der Waals surface area contributed by atoms with Gasteiger partial charge in [-0.15, -0.1) is 0 Å². The maximum absolute atomic E-state index is 12.6. The number of ether oxygens (including phenoxy) is 2. The van der Waals surface area contributed by atoms with Crippen LogP contribution in [0.3, 0.4) is 0 Å². The van der Waals surface area contributed by atoms with E-state index >= 15 is 0 Å². The molecule has 0 aromatic heterocycles. The Bertz CT molecular complexity index is 837. The van der Waals surface area contributed by atoms with Crippen molar-refractivity contribution in [1.82, 2.24) is 4.90 Å². The molecular weight excluding hydrogens is 382 g/mol. The molecule has 162 valence electrons. The summed E-state index contributed by atoms with van der Waals surface area (Å²) in [5.74, 6) is 0.842. The van der Waals surface area contributed by atoms with Gasteiger partial charge in [-0.3, -0.25) is 4.79 Å². The van der Waals surface area contributed by atoms with Gasteiger partial charge in [0.05, 0.1) is 19.3 Å². The van der Waals surface area contributed by atoms with E-state index in [1.165, 1.54) is 0 Å². The van der Waals surface area contributed by atoms with Gasteiger partial charge in [-0.1, -0.05) is 12.2 Å². The van der Waals surface area contributed by atoms with Gasteiger partial charge in [-0.25, -0.2) is 4.79 Å². The Morgan fingerprint density at radius 1 is 1.30 bits per heavy atom. The molecule has 30 heavy (non-hydrogen) atoms. The van der Waals surface area contributed by atoms with E-state index in [0.29, 0.717) is 24.7 Å². The molecule has 4 aliphatic rings. The normalized spacial score (nSPS) is 30.9. The average Bonchev–Trinajstić information content (AvgIpc) is 2.73. The van der Waals surface area contributed by atoms with Crippen molar-refractivity contribution in [2.75, 3.05) is 13.2 Å². The molecule has 1 saturated heterocycles. The molecule has 2 aliphatic heterocycles. The molecule has 0 radical (unpaired) electrons. The zero-order chi connectivity index (χ0) is 21.3. The quantitative estimate of drug-likeness (QED) is 0.418. The minimum absolute atomic E-state index is 0.125. The third kappa shape index (κ3) is 4.05. The van der Waals surface area contributed by atoms with Gasteiger partial charge in [0.25, 0.3) is 0 Å². The molecule has 6 nitrogen and oxygen atoms in total.